The average Bonchev–Trinajstić information content (AvgIpc) is 3.36. The predicted octanol–water partition coefficient (Wildman–Crippen LogP) is 4.29. The molecular formula is C25H25ClN6O2S. The van der Waals surface area contributed by atoms with E-state index < -0.39 is 10.0 Å². The number of aromatic nitrogens is 3. The van der Waals surface area contributed by atoms with E-state index in [0.717, 1.165) is 41.9 Å². The Labute approximate surface area is 209 Å². The van der Waals surface area contributed by atoms with Gasteiger partial charge in [-0.25, -0.2) is 18.4 Å². The molecule has 0 saturated carbocycles. The minimum absolute atomic E-state index is 0.0700. The van der Waals surface area contributed by atoms with E-state index >= 15 is 0 Å². The summed E-state index contributed by atoms with van der Waals surface area (Å²) in [5.41, 5.74) is 3.30. The van der Waals surface area contributed by atoms with Crippen molar-refractivity contribution in [2.45, 2.75) is 17.4 Å². The van der Waals surface area contributed by atoms with Gasteiger partial charge in [0, 0.05) is 30.9 Å². The van der Waals surface area contributed by atoms with Crippen LogP contribution in [0.5, 0.6) is 0 Å². The van der Waals surface area contributed by atoms with Crippen molar-refractivity contribution >= 4 is 44.2 Å². The number of anilines is 2. The third kappa shape index (κ3) is 4.93. The first-order valence-electron chi connectivity index (χ1n) is 11.2. The van der Waals surface area contributed by atoms with Gasteiger partial charge >= 0.3 is 0 Å². The van der Waals surface area contributed by atoms with E-state index in [1.54, 1.807) is 30.5 Å². The number of pyridine rings is 1. The van der Waals surface area contributed by atoms with Crippen molar-refractivity contribution in [1.82, 2.24) is 19.9 Å². The highest BCUT2D eigenvalue weighted by Gasteiger charge is 2.25. The maximum absolute atomic E-state index is 12.8. The van der Waals surface area contributed by atoms with Crippen molar-refractivity contribution in [3.05, 3.63) is 72.1 Å². The van der Waals surface area contributed by atoms with Crippen molar-refractivity contribution in [3.8, 4) is 11.1 Å². The summed E-state index contributed by atoms with van der Waals surface area (Å²) in [6.45, 7) is 1.85. The lowest BCUT2D eigenvalue weighted by Crippen LogP contribution is -2.31. The maximum Gasteiger partial charge on any atom is 0.261 e. The van der Waals surface area contributed by atoms with Crippen LogP contribution in [0, 0.1) is 0 Å². The summed E-state index contributed by atoms with van der Waals surface area (Å²) in [5.74, 6) is 0.851. The second-order valence-electron chi connectivity index (χ2n) is 8.76. The largest absolute Gasteiger partial charge is 0.354 e. The molecule has 3 heterocycles. The fraction of sp³-hybridized carbons (Fsp3) is 0.240. The lowest BCUT2D eigenvalue weighted by molar-refractivity contribution is 0.315. The molecule has 1 N–H and O–H groups in total. The highest BCUT2D eigenvalue weighted by Crippen LogP contribution is 2.30. The van der Waals surface area contributed by atoms with Crippen LogP contribution < -0.4 is 9.62 Å². The summed E-state index contributed by atoms with van der Waals surface area (Å²) >= 11 is 6.23. The molecular weight excluding hydrogens is 484 g/mol. The molecule has 2 aromatic heterocycles. The number of rotatable bonds is 6. The summed E-state index contributed by atoms with van der Waals surface area (Å²) in [6, 6.07) is 16.1. The SMILES string of the molecule is CN(C)C1CCN(c2cnc3ccc(-c4cnc(Cl)c(NS(=O)(=O)c5ccccc5)c4)cc3n2)C1. The van der Waals surface area contributed by atoms with Crippen LogP contribution in [0.4, 0.5) is 11.5 Å². The molecule has 0 aliphatic carbocycles. The number of benzene rings is 2. The molecule has 4 aromatic rings. The standard InChI is InChI=1S/C25H25ClN6O2S/c1-31(2)19-10-11-32(16-19)24-15-27-21-9-8-17(12-22(21)29-24)18-13-23(25(26)28-14-18)30-35(33,34)20-6-4-3-5-7-20/h3-9,12-15,19,30H,10-11,16H2,1-2H3. The second kappa shape index (κ2) is 9.41. The van der Waals surface area contributed by atoms with E-state index in [0.29, 0.717) is 11.6 Å². The molecule has 1 fully saturated rings. The molecule has 180 valence electrons. The van der Waals surface area contributed by atoms with Crippen molar-refractivity contribution in [1.29, 1.82) is 0 Å². The summed E-state index contributed by atoms with van der Waals surface area (Å²) in [6.07, 6.45) is 4.52. The number of hydrogen-bond acceptors (Lipinski definition) is 7. The lowest BCUT2D eigenvalue weighted by Gasteiger charge is -2.21. The van der Waals surface area contributed by atoms with Crippen molar-refractivity contribution in [2.24, 2.45) is 0 Å². The molecule has 8 nitrogen and oxygen atoms in total. The predicted molar refractivity (Wildman–Crippen MR) is 139 cm³/mol. The number of nitrogens with zero attached hydrogens (tertiary/aromatic N) is 5. The van der Waals surface area contributed by atoms with Crippen LogP contribution in [-0.4, -0.2) is 61.5 Å². The van der Waals surface area contributed by atoms with Crippen LogP contribution in [-0.2, 0) is 10.0 Å². The number of sulfonamides is 1. The van der Waals surface area contributed by atoms with Gasteiger partial charge in [0.2, 0.25) is 0 Å². The van der Waals surface area contributed by atoms with E-state index in [2.05, 4.69) is 38.6 Å². The van der Waals surface area contributed by atoms with Crippen molar-refractivity contribution in [3.63, 3.8) is 0 Å². The normalized spacial score (nSPS) is 16.2. The van der Waals surface area contributed by atoms with Gasteiger partial charge in [-0.15, -0.1) is 0 Å². The Morgan fingerprint density at radius 2 is 1.80 bits per heavy atom. The molecule has 0 amide bonds. The van der Waals surface area contributed by atoms with E-state index in [1.807, 2.05) is 24.4 Å². The zero-order valence-electron chi connectivity index (χ0n) is 19.4. The number of nitrogens with one attached hydrogen (secondary N) is 1. The van der Waals surface area contributed by atoms with Gasteiger partial charge in [-0.2, -0.15) is 0 Å². The van der Waals surface area contributed by atoms with E-state index in [1.165, 1.54) is 12.1 Å². The zero-order chi connectivity index (χ0) is 24.6. The number of hydrogen-bond donors (Lipinski definition) is 1. The first kappa shape index (κ1) is 23.5. The Morgan fingerprint density at radius 3 is 2.54 bits per heavy atom. The number of likely N-dealkylation sites (N-methyl/N-ethyl adjacent to an activating group) is 1. The van der Waals surface area contributed by atoms with E-state index in [9.17, 15) is 8.42 Å². The Bertz CT molecular complexity index is 1480. The summed E-state index contributed by atoms with van der Waals surface area (Å²) in [5, 5.41) is 0.0700. The van der Waals surface area contributed by atoms with Gasteiger partial charge in [0.1, 0.15) is 5.82 Å². The van der Waals surface area contributed by atoms with Gasteiger partial charge in [-0.05, 0) is 56.4 Å². The Hall–Kier alpha value is -3.27. The molecule has 1 aliphatic heterocycles. The fourth-order valence-electron chi connectivity index (χ4n) is 4.19. The molecule has 35 heavy (non-hydrogen) atoms. The summed E-state index contributed by atoms with van der Waals surface area (Å²) in [7, 11) is 0.395. The van der Waals surface area contributed by atoms with Crippen LogP contribution in [0.3, 0.4) is 0 Å². The maximum atomic E-state index is 12.8. The van der Waals surface area contributed by atoms with Crippen LogP contribution >= 0.6 is 11.6 Å². The number of halogens is 1. The molecule has 5 rings (SSSR count). The molecule has 2 aromatic carbocycles. The van der Waals surface area contributed by atoms with Crippen molar-refractivity contribution < 1.29 is 8.42 Å². The van der Waals surface area contributed by atoms with Crippen LogP contribution in [0.15, 0.2) is 71.9 Å². The first-order valence-corrected chi connectivity index (χ1v) is 13.1. The summed E-state index contributed by atoms with van der Waals surface area (Å²) in [4.78, 5) is 18.3. The quantitative estimate of drug-likeness (QED) is 0.388. The fourth-order valence-corrected chi connectivity index (χ4v) is 5.47. The average molecular weight is 509 g/mol. The van der Waals surface area contributed by atoms with Gasteiger partial charge in [-0.3, -0.25) is 9.71 Å². The van der Waals surface area contributed by atoms with Gasteiger partial charge < -0.3 is 9.80 Å². The molecule has 1 unspecified atom stereocenters. The first-order chi connectivity index (χ1) is 16.8. The Kier molecular flexibility index (Phi) is 6.31. The van der Waals surface area contributed by atoms with E-state index in [-0.39, 0.29) is 15.7 Å². The molecule has 0 radical (unpaired) electrons. The third-order valence-electron chi connectivity index (χ3n) is 6.22. The third-order valence-corrected chi connectivity index (χ3v) is 7.90. The van der Waals surface area contributed by atoms with Gasteiger partial charge in [0.15, 0.2) is 5.15 Å². The topological polar surface area (TPSA) is 91.3 Å². The molecule has 0 bridgehead atoms. The highest BCUT2D eigenvalue weighted by atomic mass is 35.5. The molecule has 1 aliphatic rings. The minimum Gasteiger partial charge on any atom is -0.354 e. The zero-order valence-corrected chi connectivity index (χ0v) is 21.0. The van der Waals surface area contributed by atoms with Gasteiger partial charge in [-0.1, -0.05) is 35.9 Å². The Morgan fingerprint density at radius 1 is 1.00 bits per heavy atom. The Balaban J connectivity index is 1.45. The second-order valence-corrected chi connectivity index (χ2v) is 10.8. The molecule has 1 saturated heterocycles. The number of fused-ring (bicyclic) bond motifs is 1. The van der Waals surface area contributed by atoms with Crippen molar-refractivity contribution in [2.75, 3.05) is 36.8 Å². The van der Waals surface area contributed by atoms with Gasteiger partial charge in [0.05, 0.1) is 27.8 Å². The molecule has 0 spiro atoms. The van der Waals surface area contributed by atoms with Crippen LogP contribution in [0.25, 0.3) is 22.2 Å². The summed E-state index contributed by atoms with van der Waals surface area (Å²) < 4.78 is 28.1. The lowest BCUT2D eigenvalue weighted by atomic mass is 10.1. The highest BCUT2D eigenvalue weighted by molar-refractivity contribution is 7.92. The minimum atomic E-state index is -3.80. The monoisotopic (exact) mass is 508 g/mol. The smallest absolute Gasteiger partial charge is 0.261 e. The molecule has 1 atom stereocenters. The van der Waals surface area contributed by atoms with Crippen LogP contribution in [0.2, 0.25) is 5.15 Å². The van der Waals surface area contributed by atoms with E-state index in [4.69, 9.17) is 16.6 Å². The molecule has 10 heteroatoms. The van der Waals surface area contributed by atoms with Gasteiger partial charge in [0.25, 0.3) is 10.0 Å². The van der Waals surface area contributed by atoms with Crippen LogP contribution in [0.1, 0.15) is 6.42 Å².